The average Bonchev–Trinajstić information content (AvgIpc) is 1.65. The lowest BCUT2D eigenvalue weighted by molar-refractivity contribution is 0.181. The Kier molecular flexibility index (Phi) is 31.5. The number of nitrogens with zero attached hydrogens (tertiary/aromatic N) is 4. The first-order valence-electron chi connectivity index (χ1n) is 35.5. The molecule has 3 amide bonds. The molecule has 4 heterocycles. The van der Waals surface area contributed by atoms with Crippen LogP contribution in [-0.4, -0.2) is 126 Å². The second kappa shape index (κ2) is 41.5. The maximum atomic E-state index is 12.5. The standard InChI is InChI=1S/C17H19Cl2NO3S.2C17H17ClN2O2.C17H17ClN2O.C17H16ClNO3/c1-11(2)20-24(21,22)17-8-13(10-23-3)15(9-16(17)19)12-4-6-14(18)7-5-12;1-21-11-13-10-15(20-17-19-8-9-22-17)6-7-16(13)12-2-4-14(18)5-3-12;1-22-11-13-10-15(20-9-8-19-17(20)21)6-7-16(13)12-2-4-14(18)5-3-12;1-21-11-14-10-13(17-19-8-9-20-17)4-7-16(14)12-2-5-15(18)6-3-12;1-21-11-13-10-15(19-8-9-22-17(19)20)6-7-16(13)12-2-4-14(18)5-3-12/h4-9,11,20H,10H2,1-3H3;2-7,10H,8-9,11H2,1H3,(H,19,20);2-7,10H,8-9,11H2,1H3,(H,19,21);2-7,10H,8-9,11H2,1H3,(H,19,20);2-7,10H,8-9,11H2,1H3. The molecule has 0 radical (unpaired) electrons. The van der Waals surface area contributed by atoms with E-state index in [1.165, 1.54) is 0 Å². The molecule has 0 aliphatic carbocycles. The van der Waals surface area contributed by atoms with E-state index >= 15 is 0 Å². The molecule has 10 aromatic carbocycles. The Bertz CT molecular complexity index is 4870. The number of amides is 3. The molecule has 0 bridgehead atoms. The van der Waals surface area contributed by atoms with Gasteiger partial charge in [-0.3, -0.25) is 14.8 Å². The van der Waals surface area contributed by atoms with Gasteiger partial charge in [0.2, 0.25) is 10.0 Å². The van der Waals surface area contributed by atoms with Crippen molar-refractivity contribution in [3.8, 4) is 55.6 Å². The van der Waals surface area contributed by atoms with Gasteiger partial charge in [-0.05, 0) is 213 Å². The molecule has 26 heteroatoms. The van der Waals surface area contributed by atoms with Crippen molar-refractivity contribution in [3.63, 3.8) is 0 Å². The number of cyclic esters (lactones) is 1. The fraction of sp³-hybridized carbons (Fsp3) is 0.247. The van der Waals surface area contributed by atoms with Crippen LogP contribution in [0.25, 0.3) is 55.6 Å². The van der Waals surface area contributed by atoms with Crippen molar-refractivity contribution >= 4 is 121 Å². The molecule has 0 atom stereocenters. The minimum Gasteiger partial charge on any atom is -0.463 e. The van der Waals surface area contributed by atoms with Crippen LogP contribution in [0, 0.1) is 0 Å². The molecule has 0 aromatic heterocycles. The minimum absolute atomic E-state index is 0.0441. The molecule has 19 nitrogen and oxygen atoms in total. The molecule has 4 aliphatic rings. The van der Waals surface area contributed by atoms with Crippen LogP contribution >= 0.6 is 69.6 Å². The zero-order chi connectivity index (χ0) is 79.0. The fourth-order valence-electron chi connectivity index (χ4n) is 12.5. The highest BCUT2D eigenvalue weighted by molar-refractivity contribution is 7.89. The Hall–Kier alpha value is -9.07. The summed E-state index contributed by atoms with van der Waals surface area (Å²) in [6.07, 6.45) is -0.303. The molecule has 0 spiro atoms. The van der Waals surface area contributed by atoms with Crippen LogP contribution < -0.4 is 30.5 Å². The molecule has 10 aromatic rings. The van der Waals surface area contributed by atoms with Gasteiger partial charge in [0.1, 0.15) is 23.9 Å². The molecule has 580 valence electrons. The van der Waals surface area contributed by atoms with Crippen LogP contribution in [0.15, 0.2) is 221 Å². The number of hydrogen-bond donors (Lipinski definition) is 4. The number of amidine groups is 2. The highest BCUT2D eigenvalue weighted by Gasteiger charge is 2.27. The molecule has 14 rings (SSSR count). The van der Waals surface area contributed by atoms with E-state index in [9.17, 15) is 18.0 Å². The topological polar surface area (TPSA) is 212 Å². The Labute approximate surface area is 678 Å². The Morgan fingerprint density at radius 2 is 0.847 bits per heavy atom. The van der Waals surface area contributed by atoms with Gasteiger partial charge in [0.05, 0.1) is 57.7 Å². The van der Waals surface area contributed by atoms with Crippen LogP contribution in [0.1, 0.15) is 47.2 Å². The lowest BCUT2D eigenvalue weighted by Gasteiger charge is -2.17. The predicted molar refractivity (Wildman–Crippen MR) is 449 cm³/mol. The lowest BCUT2D eigenvalue weighted by atomic mass is 9.97. The van der Waals surface area contributed by atoms with E-state index in [1.807, 2.05) is 152 Å². The maximum Gasteiger partial charge on any atom is 0.414 e. The molecule has 0 saturated carbocycles. The fourth-order valence-corrected chi connectivity index (χ4v) is 14.9. The molecule has 2 fully saturated rings. The quantitative estimate of drug-likeness (QED) is 0.0498. The predicted octanol–water partition coefficient (Wildman–Crippen LogP) is 19.7. The summed E-state index contributed by atoms with van der Waals surface area (Å²) in [6, 6.07) is 66.2. The summed E-state index contributed by atoms with van der Waals surface area (Å²) in [6.45, 7) is 11.3. The van der Waals surface area contributed by atoms with Crippen molar-refractivity contribution in [1.29, 1.82) is 0 Å². The van der Waals surface area contributed by atoms with Crippen LogP contribution in [0.2, 0.25) is 30.1 Å². The summed E-state index contributed by atoms with van der Waals surface area (Å²) in [4.78, 5) is 35.6. The summed E-state index contributed by atoms with van der Waals surface area (Å²) in [5, 5.41) is 13.0. The van der Waals surface area contributed by atoms with E-state index in [4.69, 9.17) is 103 Å². The van der Waals surface area contributed by atoms with E-state index in [1.54, 1.807) is 83.5 Å². The first-order chi connectivity index (χ1) is 53.6. The highest BCUT2D eigenvalue weighted by atomic mass is 35.5. The summed E-state index contributed by atoms with van der Waals surface area (Å²) in [5.41, 5.74) is 19.3. The number of nitrogens with one attached hydrogen (secondary N) is 4. The van der Waals surface area contributed by atoms with Gasteiger partial charge in [-0.1, -0.05) is 161 Å². The molecule has 4 N–H and O–H groups in total. The number of sulfonamides is 1. The largest absolute Gasteiger partial charge is 0.463 e. The first-order valence-corrected chi connectivity index (χ1v) is 39.2. The number of anilines is 3. The third-order valence-electron chi connectivity index (χ3n) is 17.5. The summed E-state index contributed by atoms with van der Waals surface area (Å²) in [7, 11) is 4.59. The molecular formula is C85H86Cl6N8O11S. The van der Waals surface area contributed by atoms with E-state index < -0.39 is 10.0 Å². The third-order valence-corrected chi connectivity index (χ3v) is 20.9. The number of ether oxygens (including phenoxy) is 7. The van der Waals surface area contributed by atoms with Gasteiger partial charge in [0, 0.05) is 109 Å². The second-order valence-electron chi connectivity index (χ2n) is 25.8. The van der Waals surface area contributed by atoms with Crippen molar-refractivity contribution in [2.24, 2.45) is 9.98 Å². The monoisotopic (exact) mass is 1640 g/mol. The number of aliphatic imine (C=N–C) groups is 2. The number of hydrogen-bond acceptors (Lipinski definition) is 15. The van der Waals surface area contributed by atoms with Crippen LogP contribution in [0.4, 0.5) is 26.7 Å². The number of halogens is 6. The van der Waals surface area contributed by atoms with Gasteiger partial charge in [-0.25, -0.2) is 27.7 Å². The summed E-state index contributed by atoms with van der Waals surface area (Å²) in [5.74, 6) is 0.968. The first kappa shape index (κ1) is 84.4. The van der Waals surface area contributed by atoms with Crippen molar-refractivity contribution < 1.29 is 51.2 Å². The molecule has 0 unspecified atom stereocenters. The van der Waals surface area contributed by atoms with Gasteiger partial charge in [-0.15, -0.1) is 0 Å². The number of urea groups is 1. The number of carbonyl (C=O) groups is 2. The van der Waals surface area contributed by atoms with Crippen LogP contribution in [0.5, 0.6) is 0 Å². The van der Waals surface area contributed by atoms with Gasteiger partial charge >= 0.3 is 12.1 Å². The van der Waals surface area contributed by atoms with Crippen LogP contribution in [-0.2, 0) is 76.2 Å². The van der Waals surface area contributed by atoms with Crippen molar-refractivity contribution in [2.75, 3.05) is 103 Å². The van der Waals surface area contributed by atoms with E-state index in [0.717, 1.165) is 135 Å². The molecule has 2 saturated heterocycles. The van der Waals surface area contributed by atoms with Gasteiger partial charge in [0.25, 0.3) is 6.02 Å². The lowest BCUT2D eigenvalue weighted by Crippen LogP contribution is -2.30. The highest BCUT2D eigenvalue weighted by Crippen LogP contribution is 2.37. The number of rotatable bonds is 22. The zero-order valence-electron chi connectivity index (χ0n) is 62.4. The van der Waals surface area contributed by atoms with E-state index in [0.29, 0.717) is 86.9 Å². The number of benzene rings is 10. The van der Waals surface area contributed by atoms with Gasteiger partial charge < -0.3 is 49.1 Å². The minimum atomic E-state index is -3.70. The van der Waals surface area contributed by atoms with Crippen molar-refractivity contribution in [2.45, 2.75) is 57.8 Å². The molecular weight excluding hydrogens is 1550 g/mol. The Morgan fingerprint density at radius 1 is 0.432 bits per heavy atom. The Morgan fingerprint density at radius 3 is 1.24 bits per heavy atom. The van der Waals surface area contributed by atoms with Crippen LogP contribution in [0.3, 0.4) is 0 Å². The average molecular weight is 1640 g/mol. The Balaban J connectivity index is 0.000000147. The van der Waals surface area contributed by atoms with E-state index in [2.05, 4.69) is 61.0 Å². The normalized spacial score (nSPS) is 13.6. The number of carbonyl (C=O) groups excluding carboxylic acids is 2. The van der Waals surface area contributed by atoms with Crippen molar-refractivity contribution in [3.05, 3.63) is 270 Å². The molecule has 4 aliphatic heterocycles. The van der Waals surface area contributed by atoms with E-state index in [-0.39, 0.29) is 34.7 Å². The summed E-state index contributed by atoms with van der Waals surface area (Å²) < 4.78 is 64.3. The summed E-state index contributed by atoms with van der Waals surface area (Å²) >= 11 is 36.0. The smallest absolute Gasteiger partial charge is 0.414 e. The second-order valence-corrected chi connectivity index (χ2v) is 30.1. The van der Waals surface area contributed by atoms with Gasteiger partial charge in [-0.2, -0.15) is 0 Å². The maximum absolute atomic E-state index is 12.5. The van der Waals surface area contributed by atoms with Crippen molar-refractivity contribution in [1.82, 2.24) is 15.4 Å². The zero-order valence-corrected chi connectivity index (χ0v) is 67.7. The van der Waals surface area contributed by atoms with Gasteiger partial charge in [0.15, 0.2) is 0 Å². The third kappa shape index (κ3) is 23.5. The number of methoxy groups -OCH3 is 5. The molecule has 111 heavy (non-hydrogen) atoms. The SMILES string of the molecule is COCc1cc(C2=NCCN2)ccc1-c1ccc(Cl)cc1.COCc1cc(N2CCNC2=O)ccc1-c1ccc(Cl)cc1.COCc1cc(N2CCOC2=O)ccc1-c1ccc(Cl)cc1.COCc1cc(NC2=NCCO2)ccc1-c1ccc(Cl)cc1.COCc1cc(S(=O)(=O)NC(C)C)c(Cl)cc1-c1ccc(Cl)cc1.